The Morgan fingerprint density at radius 1 is 1.35 bits per heavy atom. The van der Waals surface area contributed by atoms with Crippen molar-refractivity contribution in [1.82, 2.24) is 0 Å². The Labute approximate surface area is 97.4 Å². The number of rotatable bonds is 3. The molecule has 0 spiro atoms. The van der Waals surface area contributed by atoms with Gasteiger partial charge in [0.2, 0.25) is 0 Å². The lowest BCUT2D eigenvalue weighted by molar-refractivity contribution is -0.0436. The van der Waals surface area contributed by atoms with Crippen molar-refractivity contribution in [2.24, 2.45) is 5.73 Å². The number of alkyl halides is 3. The fourth-order valence-electron chi connectivity index (χ4n) is 1.26. The van der Waals surface area contributed by atoms with Crippen LogP contribution in [0.25, 0.3) is 0 Å². The number of hydrogen-bond acceptors (Lipinski definition) is 3. The molecule has 0 heterocycles. The molecule has 0 amide bonds. The second kappa shape index (κ2) is 4.66. The Hall–Kier alpha value is -1.08. The molecule has 17 heavy (non-hydrogen) atoms. The third-order valence-corrected chi connectivity index (χ3v) is 3.88. The van der Waals surface area contributed by atoms with Gasteiger partial charge in [0.15, 0.2) is 0 Å². The molecule has 1 aromatic rings. The second-order valence-corrected chi connectivity index (χ2v) is 5.60. The van der Waals surface area contributed by atoms with Gasteiger partial charge >= 0.3 is 5.51 Å². The van der Waals surface area contributed by atoms with Crippen molar-refractivity contribution in [3.63, 3.8) is 0 Å². The van der Waals surface area contributed by atoms with Crippen LogP contribution < -0.4 is 5.73 Å². The van der Waals surface area contributed by atoms with Crippen molar-refractivity contribution < 1.29 is 21.6 Å². The van der Waals surface area contributed by atoms with Crippen LogP contribution in [0.15, 0.2) is 29.2 Å². The van der Waals surface area contributed by atoms with Gasteiger partial charge in [-0.15, -0.1) is 0 Å². The van der Waals surface area contributed by atoms with Gasteiger partial charge in [0.1, 0.15) is 0 Å². The van der Waals surface area contributed by atoms with Gasteiger partial charge in [-0.05, 0) is 30.2 Å². The Morgan fingerprint density at radius 3 is 2.41 bits per heavy atom. The van der Waals surface area contributed by atoms with Crippen LogP contribution in [0.1, 0.15) is 18.4 Å². The SMILES string of the molecule is CC(CN)c1cccc(S(=O)(=O)C(F)(F)F)c1. The summed E-state index contributed by atoms with van der Waals surface area (Å²) in [6.07, 6.45) is 0. The predicted molar refractivity (Wildman–Crippen MR) is 57.2 cm³/mol. The molecule has 96 valence electrons. The van der Waals surface area contributed by atoms with E-state index in [1.807, 2.05) is 0 Å². The van der Waals surface area contributed by atoms with Gasteiger partial charge in [0, 0.05) is 0 Å². The highest BCUT2D eigenvalue weighted by Crippen LogP contribution is 2.31. The average molecular weight is 267 g/mol. The molecule has 0 radical (unpaired) electrons. The molecule has 1 rings (SSSR count). The van der Waals surface area contributed by atoms with E-state index in [0.717, 1.165) is 12.1 Å². The van der Waals surface area contributed by atoms with E-state index in [2.05, 4.69) is 0 Å². The summed E-state index contributed by atoms with van der Waals surface area (Å²) in [6.45, 7) is 1.94. The molecule has 2 N–H and O–H groups in total. The summed E-state index contributed by atoms with van der Waals surface area (Å²) < 4.78 is 59.3. The van der Waals surface area contributed by atoms with E-state index in [0.29, 0.717) is 5.56 Å². The van der Waals surface area contributed by atoms with Crippen LogP contribution in [0.3, 0.4) is 0 Å². The molecule has 0 saturated heterocycles. The molecular formula is C10H12F3NO2S. The largest absolute Gasteiger partial charge is 0.501 e. The van der Waals surface area contributed by atoms with Crippen molar-refractivity contribution >= 4 is 9.84 Å². The molecule has 7 heteroatoms. The van der Waals surface area contributed by atoms with Crippen LogP contribution in [0, 0.1) is 0 Å². The van der Waals surface area contributed by atoms with Crippen molar-refractivity contribution in [3.8, 4) is 0 Å². The van der Waals surface area contributed by atoms with Crippen molar-refractivity contribution in [2.45, 2.75) is 23.2 Å². The Bertz CT molecular complexity index is 497. The summed E-state index contributed by atoms with van der Waals surface area (Å²) in [6, 6.07) is 4.77. The molecule has 0 bridgehead atoms. The third-order valence-electron chi connectivity index (χ3n) is 2.40. The highest BCUT2D eigenvalue weighted by Gasteiger charge is 2.46. The summed E-state index contributed by atoms with van der Waals surface area (Å²) in [5, 5.41) is 0. The van der Waals surface area contributed by atoms with Gasteiger partial charge in [-0.3, -0.25) is 0 Å². The van der Waals surface area contributed by atoms with Crippen molar-refractivity contribution in [1.29, 1.82) is 0 Å². The third kappa shape index (κ3) is 2.78. The van der Waals surface area contributed by atoms with Crippen LogP contribution in [0.5, 0.6) is 0 Å². The number of hydrogen-bond donors (Lipinski definition) is 1. The number of sulfone groups is 1. The second-order valence-electron chi connectivity index (χ2n) is 3.66. The van der Waals surface area contributed by atoms with Gasteiger partial charge in [-0.2, -0.15) is 13.2 Å². The maximum atomic E-state index is 12.3. The normalized spacial score (nSPS) is 14.6. The van der Waals surface area contributed by atoms with Gasteiger partial charge in [-0.1, -0.05) is 19.1 Å². The Balaban J connectivity index is 3.26. The number of halogens is 3. The first-order valence-electron chi connectivity index (χ1n) is 4.81. The van der Waals surface area contributed by atoms with E-state index in [1.165, 1.54) is 6.07 Å². The Morgan fingerprint density at radius 2 is 1.94 bits per heavy atom. The van der Waals surface area contributed by atoms with Gasteiger partial charge < -0.3 is 5.73 Å². The maximum absolute atomic E-state index is 12.3. The molecule has 0 aliphatic heterocycles. The average Bonchev–Trinajstić information content (AvgIpc) is 2.26. The molecule has 1 atom stereocenters. The molecule has 0 saturated carbocycles. The Kier molecular flexibility index (Phi) is 3.83. The van der Waals surface area contributed by atoms with E-state index in [-0.39, 0.29) is 12.5 Å². The zero-order valence-electron chi connectivity index (χ0n) is 9.03. The van der Waals surface area contributed by atoms with Crippen molar-refractivity contribution in [2.75, 3.05) is 6.54 Å². The summed E-state index contributed by atoms with van der Waals surface area (Å²) in [4.78, 5) is -0.747. The van der Waals surface area contributed by atoms with Gasteiger partial charge in [-0.25, -0.2) is 8.42 Å². The number of benzene rings is 1. The monoisotopic (exact) mass is 267 g/mol. The van der Waals surface area contributed by atoms with E-state index >= 15 is 0 Å². The van der Waals surface area contributed by atoms with Crippen LogP contribution >= 0.6 is 0 Å². The lowest BCUT2D eigenvalue weighted by atomic mass is 10.0. The predicted octanol–water partition coefficient (Wildman–Crippen LogP) is 2.04. The highest BCUT2D eigenvalue weighted by molar-refractivity contribution is 7.92. The molecule has 1 aromatic carbocycles. The van der Waals surface area contributed by atoms with Crippen molar-refractivity contribution in [3.05, 3.63) is 29.8 Å². The molecule has 0 aromatic heterocycles. The lowest BCUT2D eigenvalue weighted by Crippen LogP contribution is -2.23. The van der Waals surface area contributed by atoms with Crippen LogP contribution in [-0.2, 0) is 9.84 Å². The fraction of sp³-hybridized carbons (Fsp3) is 0.400. The lowest BCUT2D eigenvalue weighted by Gasteiger charge is -2.12. The summed E-state index contributed by atoms with van der Waals surface area (Å²) in [5.41, 5.74) is 0.567. The molecule has 0 aliphatic carbocycles. The maximum Gasteiger partial charge on any atom is 0.501 e. The standard InChI is InChI=1S/C10H12F3NO2S/c1-7(6-14)8-3-2-4-9(5-8)17(15,16)10(11,12)13/h2-5,7H,6,14H2,1H3. The zero-order chi connectivity index (χ0) is 13.3. The topological polar surface area (TPSA) is 60.2 Å². The van der Waals surface area contributed by atoms with Gasteiger partial charge in [0.25, 0.3) is 9.84 Å². The first kappa shape index (κ1) is 14.0. The summed E-state index contributed by atoms with van der Waals surface area (Å²) in [5.74, 6) is -0.196. The summed E-state index contributed by atoms with van der Waals surface area (Å²) >= 11 is 0. The van der Waals surface area contributed by atoms with E-state index in [4.69, 9.17) is 5.73 Å². The molecule has 1 unspecified atom stereocenters. The first-order chi connectivity index (χ1) is 7.70. The van der Waals surface area contributed by atoms with Crippen LogP contribution in [0.2, 0.25) is 0 Å². The van der Waals surface area contributed by atoms with E-state index in [9.17, 15) is 21.6 Å². The van der Waals surface area contributed by atoms with Crippen LogP contribution in [0.4, 0.5) is 13.2 Å². The molecule has 0 aliphatic rings. The number of nitrogens with two attached hydrogens (primary N) is 1. The zero-order valence-corrected chi connectivity index (χ0v) is 9.85. The highest BCUT2D eigenvalue weighted by atomic mass is 32.2. The minimum absolute atomic E-state index is 0.196. The van der Waals surface area contributed by atoms with E-state index in [1.54, 1.807) is 13.0 Å². The molecule has 0 fully saturated rings. The minimum atomic E-state index is -5.28. The quantitative estimate of drug-likeness (QED) is 0.911. The van der Waals surface area contributed by atoms with Crippen LogP contribution in [-0.4, -0.2) is 20.5 Å². The fourth-order valence-corrected chi connectivity index (χ4v) is 2.07. The first-order valence-corrected chi connectivity index (χ1v) is 6.30. The summed E-state index contributed by atoms with van der Waals surface area (Å²) in [7, 11) is -5.28. The van der Waals surface area contributed by atoms with E-state index < -0.39 is 20.2 Å². The van der Waals surface area contributed by atoms with Gasteiger partial charge in [0.05, 0.1) is 4.90 Å². The molecule has 3 nitrogen and oxygen atoms in total. The minimum Gasteiger partial charge on any atom is -0.330 e. The molecular weight excluding hydrogens is 255 g/mol. The smallest absolute Gasteiger partial charge is 0.330 e.